The number of alkyl halides is 3. The average Bonchev–Trinajstić information content (AvgIpc) is 3.09. The van der Waals surface area contributed by atoms with Crippen LogP contribution in [0.2, 0.25) is 0 Å². The Morgan fingerprint density at radius 3 is 2.35 bits per heavy atom. The molecular weight excluding hydrogens is 433 g/mol. The summed E-state index contributed by atoms with van der Waals surface area (Å²) in [5.41, 5.74) is 5.62. The zero-order valence-corrected chi connectivity index (χ0v) is 16.7. The number of anilines is 1. The highest BCUT2D eigenvalue weighted by molar-refractivity contribution is 7.80. The number of aliphatic imine (C=N–C) groups is 1. The van der Waals surface area contributed by atoms with Crippen molar-refractivity contribution in [2.24, 2.45) is 10.7 Å². The van der Waals surface area contributed by atoms with Gasteiger partial charge in [-0.05, 0) is 67.2 Å². The Morgan fingerprint density at radius 2 is 1.77 bits per heavy atom. The molecule has 2 aromatic carbocycles. The summed E-state index contributed by atoms with van der Waals surface area (Å²) >= 11 is 5.03. The van der Waals surface area contributed by atoms with Gasteiger partial charge in [-0.2, -0.15) is 13.2 Å². The number of aromatic hydroxyl groups is 1. The Bertz CT molecular complexity index is 1040. The number of carbonyl (C=O) groups excluding carboxylic acids is 2. The first-order valence-electron chi connectivity index (χ1n) is 9.04. The second kappa shape index (κ2) is 8.72. The Kier molecular flexibility index (Phi) is 6.25. The molecule has 162 valence electrons. The van der Waals surface area contributed by atoms with Crippen molar-refractivity contribution in [2.45, 2.75) is 25.1 Å². The van der Waals surface area contributed by atoms with Crippen molar-refractivity contribution in [3.8, 4) is 5.75 Å². The second-order valence-electron chi connectivity index (χ2n) is 6.70. The first kappa shape index (κ1) is 22.2. The molecule has 1 aliphatic heterocycles. The number of nitrogens with one attached hydrogen (secondary N) is 1. The molecule has 0 aromatic heterocycles. The van der Waals surface area contributed by atoms with Crippen LogP contribution in [0.4, 0.5) is 18.9 Å². The second-order valence-corrected chi connectivity index (χ2v) is 7.09. The smallest absolute Gasteiger partial charge is 0.416 e. The number of thiocarbonyl (C=S) groups is 1. The largest absolute Gasteiger partial charge is 0.508 e. The van der Waals surface area contributed by atoms with Gasteiger partial charge in [0.15, 0.2) is 0 Å². The van der Waals surface area contributed by atoms with Crippen molar-refractivity contribution >= 4 is 40.7 Å². The molecule has 1 fully saturated rings. The van der Waals surface area contributed by atoms with Gasteiger partial charge in [0.05, 0.1) is 5.56 Å². The third-order valence-electron chi connectivity index (χ3n) is 4.60. The topological polar surface area (TPSA) is 108 Å². The predicted molar refractivity (Wildman–Crippen MR) is 112 cm³/mol. The van der Waals surface area contributed by atoms with Gasteiger partial charge in [0.25, 0.3) is 0 Å². The molecule has 0 radical (unpaired) electrons. The lowest BCUT2D eigenvalue weighted by molar-refractivity contribution is -0.137. The van der Waals surface area contributed by atoms with Crippen LogP contribution in [0.1, 0.15) is 24.0 Å². The lowest BCUT2D eigenvalue weighted by Gasteiger charge is -2.24. The highest BCUT2D eigenvalue weighted by atomic mass is 32.1. The van der Waals surface area contributed by atoms with Crippen LogP contribution in [0.5, 0.6) is 5.75 Å². The normalized spacial score (nSPS) is 17.0. The Morgan fingerprint density at radius 1 is 1.16 bits per heavy atom. The van der Waals surface area contributed by atoms with Gasteiger partial charge in [-0.1, -0.05) is 0 Å². The van der Waals surface area contributed by atoms with Crippen LogP contribution in [-0.2, 0) is 15.8 Å². The number of amides is 2. The Balaban J connectivity index is 1.72. The Hall–Kier alpha value is -3.47. The van der Waals surface area contributed by atoms with Crippen LogP contribution >= 0.6 is 12.2 Å². The minimum Gasteiger partial charge on any atom is -0.508 e. The van der Waals surface area contributed by atoms with Crippen LogP contribution in [-0.4, -0.2) is 33.9 Å². The molecule has 4 N–H and O–H groups in total. The number of halogens is 3. The molecule has 0 saturated carbocycles. The van der Waals surface area contributed by atoms with Gasteiger partial charge in [0, 0.05) is 17.7 Å². The van der Waals surface area contributed by atoms with E-state index in [4.69, 9.17) is 18.0 Å². The van der Waals surface area contributed by atoms with E-state index >= 15 is 0 Å². The zero-order valence-electron chi connectivity index (χ0n) is 15.9. The Labute approximate surface area is 180 Å². The summed E-state index contributed by atoms with van der Waals surface area (Å²) in [6.07, 6.45) is -4.28. The van der Waals surface area contributed by atoms with Gasteiger partial charge in [0.2, 0.25) is 16.9 Å². The first-order chi connectivity index (χ1) is 14.6. The van der Waals surface area contributed by atoms with E-state index in [-0.39, 0.29) is 35.2 Å². The van der Waals surface area contributed by atoms with Crippen LogP contribution in [0.25, 0.3) is 0 Å². The van der Waals surface area contributed by atoms with Crippen LogP contribution in [0.15, 0.2) is 53.5 Å². The molecule has 7 nitrogen and oxygen atoms in total. The maximum atomic E-state index is 12.8. The number of benzene rings is 2. The molecule has 3 rings (SSSR count). The molecule has 0 bridgehead atoms. The average molecular weight is 450 g/mol. The number of hydrogen-bond acceptors (Lipinski definition) is 4. The highest BCUT2D eigenvalue weighted by Crippen LogP contribution is 2.32. The SMILES string of the molecule is NC(=NC(=S)NC(=O)[C@@H]1CCC(=O)N1c1ccc(C(F)(F)F)cc1)c1ccc(O)cc1. The molecule has 2 aromatic rings. The summed E-state index contributed by atoms with van der Waals surface area (Å²) in [6, 6.07) is 8.88. The quantitative estimate of drug-likeness (QED) is 0.379. The molecular formula is C20H17F3N4O3S. The summed E-state index contributed by atoms with van der Waals surface area (Å²) in [6.45, 7) is 0. The van der Waals surface area contributed by atoms with Crippen LogP contribution < -0.4 is 16.0 Å². The summed E-state index contributed by atoms with van der Waals surface area (Å²) in [7, 11) is 0. The van der Waals surface area contributed by atoms with Crippen molar-refractivity contribution in [3.05, 3.63) is 59.7 Å². The maximum Gasteiger partial charge on any atom is 0.416 e. The number of nitrogens with zero attached hydrogens (tertiary/aromatic N) is 2. The molecule has 1 saturated heterocycles. The number of phenols is 1. The van der Waals surface area contributed by atoms with Gasteiger partial charge in [-0.25, -0.2) is 4.99 Å². The van der Waals surface area contributed by atoms with Gasteiger partial charge in [0.1, 0.15) is 17.6 Å². The number of amidine groups is 1. The van der Waals surface area contributed by atoms with Crippen molar-refractivity contribution in [2.75, 3.05) is 4.90 Å². The van der Waals surface area contributed by atoms with Crippen molar-refractivity contribution < 1.29 is 27.9 Å². The lowest BCUT2D eigenvalue weighted by atomic mass is 10.1. The van der Waals surface area contributed by atoms with E-state index in [2.05, 4.69) is 10.3 Å². The molecule has 1 atom stereocenters. The van der Waals surface area contributed by atoms with Crippen molar-refractivity contribution in [1.82, 2.24) is 5.32 Å². The monoisotopic (exact) mass is 450 g/mol. The first-order valence-corrected chi connectivity index (χ1v) is 9.45. The molecule has 2 amide bonds. The number of hydrogen-bond donors (Lipinski definition) is 3. The summed E-state index contributed by atoms with van der Waals surface area (Å²) < 4.78 is 38.3. The van der Waals surface area contributed by atoms with E-state index in [1.165, 1.54) is 24.3 Å². The fraction of sp³-hybridized carbons (Fsp3) is 0.200. The fourth-order valence-corrected chi connectivity index (χ4v) is 3.29. The van der Waals surface area contributed by atoms with Crippen molar-refractivity contribution in [1.29, 1.82) is 0 Å². The lowest BCUT2D eigenvalue weighted by Crippen LogP contribution is -2.46. The maximum absolute atomic E-state index is 12.8. The van der Waals surface area contributed by atoms with Crippen molar-refractivity contribution in [3.63, 3.8) is 0 Å². The molecule has 1 heterocycles. The minimum absolute atomic E-state index is 0.00685. The molecule has 0 spiro atoms. The minimum atomic E-state index is -4.51. The third kappa shape index (κ3) is 5.18. The number of rotatable bonds is 3. The number of carbonyl (C=O) groups is 2. The molecule has 11 heteroatoms. The molecule has 31 heavy (non-hydrogen) atoms. The van der Waals surface area contributed by atoms with Gasteiger partial charge < -0.3 is 10.8 Å². The predicted octanol–water partition coefficient (Wildman–Crippen LogP) is 2.71. The van der Waals surface area contributed by atoms with Gasteiger partial charge in [-0.3, -0.25) is 19.8 Å². The van der Waals surface area contributed by atoms with E-state index in [9.17, 15) is 27.9 Å². The third-order valence-corrected chi connectivity index (χ3v) is 4.80. The van der Waals surface area contributed by atoms with E-state index in [1.54, 1.807) is 0 Å². The van der Waals surface area contributed by atoms with E-state index in [0.717, 1.165) is 29.2 Å². The van der Waals surface area contributed by atoms with E-state index in [1.807, 2.05) is 0 Å². The molecule has 0 aliphatic carbocycles. The molecule has 0 unspecified atom stereocenters. The van der Waals surface area contributed by atoms with Crippen LogP contribution in [0.3, 0.4) is 0 Å². The number of nitrogens with two attached hydrogens (primary N) is 1. The summed E-state index contributed by atoms with van der Waals surface area (Å²) in [5, 5.41) is 11.5. The van der Waals surface area contributed by atoms with Gasteiger partial charge >= 0.3 is 6.18 Å². The fourth-order valence-electron chi connectivity index (χ4n) is 3.09. The van der Waals surface area contributed by atoms with Crippen LogP contribution in [0, 0.1) is 0 Å². The van der Waals surface area contributed by atoms with E-state index < -0.39 is 29.6 Å². The van der Waals surface area contributed by atoms with Gasteiger partial charge in [-0.15, -0.1) is 0 Å². The number of phenolic OH excluding ortho intramolecular Hbond substituents is 1. The highest BCUT2D eigenvalue weighted by Gasteiger charge is 2.38. The zero-order chi connectivity index (χ0) is 22.8. The summed E-state index contributed by atoms with van der Waals surface area (Å²) in [4.78, 5) is 30.0. The molecule has 1 aliphatic rings. The summed E-state index contributed by atoms with van der Waals surface area (Å²) in [5.74, 6) is -0.968. The van der Waals surface area contributed by atoms with E-state index in [0.29, 0.717) is 5.56 Å². The standard InChI is InChI=1S/C20H17F3N4O3S/c21-20(22,23)12-3-5-13(6-4-12)27-15(9-10-16(27)29)18(30)26-19(31)25-17(24)11-1-7-14(28)8-2-11/h1-8,15,28H,9-10H2,(H3,24,25,26,30,31)/t15-/m0/s1.